The zero-order valence-electron chi connectivity index (χ0n) is 13.2. The van der Waals surface area contributed by atoms with Crippen LogP contribution in [0.5, 0.6) is 0 Å². The van der Waals surface area contributed by atoms with E-state index in [2.05, 4.69) is 38.0 Å². The summed E-state index contributed by atoms with van der Waals surface area (Å²) < 4.78 is 5.72. The summed E-state index contributed by atoms with van der Waals surface area (Å²) in [4.78, 5) is 2.69. The van der Waals surface area contributed by atoms with Crippen molar-refractivity contribution >= 4 is 0 Å². The molecule has 1 N–H and O–H groups in total. The zero-order chi connectivity index (χ0) is 13.9. The van der Waals surface area contributed by atoms with Crippen LogP contribution in [0.15, 0.2) is 0 Å². The smallest absolute Gasteiger partial charge is 0.0637 e. The lowest BCUT2D eigenvalue weighted by Crippen LogP contribution is -2.54. The van der Waals surface area contributed by atoms with Gasteiger partial charge in [0.2, 0.25) is 0 Å². The maximum absolute atomic E-state index is 5.72. The number of nitrogens with one attached hydrogen (secondary N) is 1. The number of nitrogens with zero attached hydrogens (tertiary/aromatic N) is 1. The Kier molecular flexibility index (Phi) is 5.27. The number of rotatable bonds is 2. The molecule has 2 saturated heterocycles. The van der Waals surface area contributed by atoms with Crippen LogP contribution in [-0.4, -0.2) is 50.3 Å². The normalized spacial score (nSPS) is 35.1. The number of likely N-dealkylation sites (N-methyl/N-ethyl adjacent to an activating group) is 1. The molecular weight excluding hydrogens is 236 g/mol. The van der Waals surface area contributed by atoms with Crippen molar-refractivity contribution in [2.45, 2.75) is 58.5 Å². The van der Waals surface area contributed by atoms with Crippen LogP contribution in [0.1, 0.15) is 46.5 Å². The molecule has 0 bridgehead atoms. The Morgan fingerprint density at radius 2 is 1.89 bits per heavy atom. The summed E-state index contributed by atoms with van der Waals surface area (Å²) in [5, 5.41) is 3.49. The molecule has 2 rings (SSSR count). The number of ether oxygens (including phenoxy) is 1. The van der Waals surface area contributed by atoms with Crippen molar-refractivity contribution in [2.75, 3.05) is 33.4 Å². The highest BCUT2D eigenvalue weighted by molar-refractivity contribution is 4.89. The fraction of sp³-hybridized carbons (Fsp3) is 1.00. The average Bonchev–Trinajstić information content (AvgIpc) is 2.64. The lowest BCUT2D eigenvalue weighted by molar-refractivity contribution is -0.00114. The summed E-state index contributed by atoms with van der Waals surface area (Å²) in [6.07, 6.45) is 5.23. The summed E-state index contributed by atoms with van der Waals surface area (Å²) >= 11 is 0. The maximum Gasteiger partial charge on any atom is 0.0637 e. The molecule has 3 heteroatoms. The highest BCUT2D eigenvalue weighted by Crippen LogP contribution is 2.35. The van der Waals surface area contributed by atoms with Crippen molar-refractivity contribution < 1.29 is 4.74 Å². The zero-order valence-corrected chi connectivity index (χ0v) is 13.2. The number of hydrogen-bond acceptors (Lipinski definition) is 3. The van der Waals surface area contributed by atoms with E-state index in [9.17, 15) is 0 Å². The first-order valence-electron chi connectivity index (χ1n) is 8.01. The van der Waals surface area contributed by atoms with E-state index in [1.807, 2.05) is 0 Å². The van der Waals surface area contributed by atoms with Crippen LogP contribution in [0.3, 0.4) is 0 Å². The van der Waals surface area contributed by atoms with Crippen LogP contribution >= 0.6 is 0 Å². The lowest BCUT2D eigenvalue weighted by Gasteiger charge is -2.39. The van der Waals surface area contributed by atoms with E-state index < -0.39 is 0 Å². The summed E-state index contributed by atoms with van der Waals surface area (Å²) in [5.74, 6) is 0.870. The molecule has 2 aliphatic rings. The number of likely N-dealkylation sites (tertiary alicyclic amines) is 1. The van der Waals surface area contributed by atoms with E-state index in [0.29, 0.717) is 17.5 Å². The fourth-order valence-electron chi connectivity index (χ4n) is 3.74. The molecule has 112 valence electrons. The van der Waals surface area contributed by atoms with Gasteiger partial charge in [0.15, 0.2) is 0 Å². The third-order valence-electron chi connectivity index (χ3n) is 5.15. The third-order valence-corrected chi connectivity index (χ3v) is 5.15. The molecule has 0 spiro atoms. The minimum atomic E-state index is 0.460. The van der Waals surface area contributed by atoms with Crippen LogP contribution in [0, 0.1) is 11.3 Å². The first-order valence-corrected chi connectivity index (χ1v) is 8.01. The first kappa shape index (κ1) is 15.3. The van der Waals surface area contributed by atoms with Crippen molar-refractivity contribution in [3.05, 3.63) is 0 Å². The van der Waals surface area contributed by atoms with Crippen LogP contribution in [0.2, 0.25) is 0 Å². The third kappa shape index (κ3) is 3.93. The molecule has 0 radical (unpaired) electrons. The Bertz CT molecular complexity index is 274. The monoisotopic (exact) mass is 268 g/mol. The van der Waals surface area contributed by atoms with E-state index >= 15 is 0 Å². The van der Waals surface area contributed by atoms with Gasteiger partial charge in [-0.2, -0.15) is 0 Å². The van der Waals surface area contributed by atoms with Crippen LogP contribution < -0.4 is 5.32 Å². The molecule has 3 unspecified atom stereocenters. The minimum Gasteiger partial charge on any atom is -0.380 e. The summed E-state index contributed by atoms with van der Waals surface area (Å²) in [5.41, 5.74) is 0.460. The van der Waals surface area contributed by atoms with Crippen molar-refractivity contribution in [2.24, 2.45) is 11.3 Å². The molecule has 2 heterocycles. The Morgan fingerprint density at radius 1 is 1.11 bits per heavy atom. The SMILES string of the molecule is CNC1CCOCC1N1CCCC(C(C)(C)C)CC1. The molecule has 0 amide bonds. The van der Waals surface area contributed by atoms with Crippen molar-refractivity contribution in [1.29, 1.82) is 0 Å². The predicted molar refractivity (Wildman–Crippen MR) is 80.4 cm³/mol. The largest absolute Gasteiger partial charge is 0.380 e. The van der Waals surface area contributed by atoms with E-state index in [0.717, 1.165) is 25.6 Å². The topological polar surface area (TPSA) is 24.5 Å². The van der Waals surface area contributed by atoms with Gasteiger partial charge in [0.05, 0.1) is 6.61 Å². The summed E-state index contributed by atoms with van der Waals surface area (Å²) in [6, 6.07) is 1.19. The van der Waals surface area contributed by atoms with Crippen LogP contribution in [0.25, 0.3) is 0 Å². The molecule has 0 aliphatic carbocycles. The van der Waals surface area contributed by atoms with Gasteiger partial charge in [-0.25, -0.2) is 0 Å². The highest BCUT2D eigenvalue weighted by atomic mass is 16.5. The predicted octanol–water partition coefficient (Wildman–Crippen LogP) is 2.51. The molecule has 0 saturated carbocycles. The molecule has 3 atom stereocenters. The van der Waals surface area contributed by atoms with Gasteiger partial charge in [0, 0.05) is 18.7 Å². The quantitative estimate of drug-likeness (QED) is 0.833. The fourth-order valence-corrected chi connectivity index (χ4v) is 3.74. The Hall–Kier alpha value is -0.120. The first-order chi connectivity index (χ1) is 9.02. The van der Waals surface area contributed by atoms with E-state index in [-0.39, 0.29) is 0 Å². The molecule has 2 fully saturated rings. The molecule has 0 aromatic rings. The van der Waals surface area contributed by atoms with Gasteiger partial charge in [-0.1, -0.05) is 20.8 Å². The van der Waals surface area contributed by atoms with Gasteiger partial charge < -0.3 is 10.1 Å². The second kappa shape index (κ2) is 6.55. The van der Waals surface area contributed by atoms with Gasteiger partial charge in [-0.15, -0.1) is 0 Å². The Balaban J connectivity index is 1.94. The molecule has 2 aliphatic heterocycles. The van der Waals surface area contributed by atoms with Crippen molar-refractivity contribution in [1.82, 2.24) is 10.2 Å². The van der Waals surface area contributed by atoms with E-state index in [4.69, 9.17) is 4.74 Å². The highest BCUT2D eigenvalue weighted by Gasteiger charge is 2.33. The number of hydrogen-bond donors (Lipinski definition) is 1. The van der Waals surface area contributed by atoms with Crippen LogP contribution in [0.4, 0.5) is 0 Å². The Morgan fingerprint density at radius 3 is 2.58 bits per heavy atom. The molecule has 0 aromatic carbocycles. The lowest BCUT2D eigenvalue weighted by atomic mass is 9.77. The summed E-state index contributed by atoms with van der Waals surface area (Å²) in [7, 11) is 2.10. The maximum atomic E-state index is 5.72. The molecule has 3 nitrogen and oxygen atoms in total. The Labute approximate surface area is 119 Å². The molecular formula is C16H32N2O. The van der Waals surface area contributed by atoms with Gasteiger partial charge in [0.1, 0.15) is 0 Å². The van der Waals surface area contributed by atoms with Gasteiger partial charge >= 0.3 is 0 Å². The van der Waals surface area contributed by atoms with Gasteiger partial charge in [0.25, 0.3) is 0 Å². The molecule has 19 heavy (non-hydrogen) atoms. The second-order valence-electron chi connectivity index (χ2n) is 7.36. The van der Waals surface area contributed by atoms with Gasteiger partial charge in [-0.05, 0) is 57.2 Å². The summed E-state index contributed by atoms with van der Waals surface area (Å²) in [6.45, 7) is 11.5. The molecule has 0 aromatic heterocycles. The van der Waals surface area contributed by atoms with E-state index in [1.165, 1.54) is 32.4 Å². The standard InChI is InChI=1S/C16H32N2O/c1-16(2,3)13-6-5-9-18(10-7-13)15-12-19-11-8-14(15)17-4/h13-15,17H,5-12H2,1-4H3. The van der Waals surface area contributed by atoms with E-state index in [1.54, 1.807) is 0 Å². The minimum absolute atomic E-state index is 0.460. The van der Waals surface area contributed by atoms with Crippen molar-refractivity contribution in [3.8, 4) is 0 Å². The second-order valence-corrected chi connectivity index (χ2v) is 7.36. The average molecular weight is 268 g/mol. The van der Waals surface area contributed by atoms with Gasteiger partial charge in [-0.3, -0.25) is 4.90 Å². The van der Waals surface area contributed by atoms with Crippen LogP contribution in [-0.2, 0) is 4.74 Å². The van der Waals surface area contributed by atoms with Crippen molar-refractivity contribution in [3.63, 3.8) is 0 Å².